The van der Waals surface area contributed by atoms with E-state index in [1.807, 2.05) is 0 Å². The van der Waals surface area contributed by atoms with Gasteiger partial charge in [0.05, 0.1) is 32.8 Å². The third-order valence-electron chi connectivity index (χ3n) is 3.11. The van der Waals surface area contributed by atoms with E-state index in [-0.39, 0.29) is 4.90 Å². The molecule has 126 valence electrons. The van der Waals surface area contributed by atoms with Crippen molar-refractivity contribution in [3.8, 4) is 0 Å². The third kappa shape index (κ3) is 3.52. The van der Waals surface area contributed by atoms with Crippen LogP contribution in [0, 0.1) is 0 Å². The van der Waals surface area contributed by atoms with Crippen molar-refractivity contribution in [2.75, 3.05) is 32.8 Å². The van der Waals surface area contributed by atoms with Crippen LogP contribution in [-0.2, 0) is 19.2 Å². The number of amides is 2. The number of ketones is 2. The van der Waals surface area contributed by atoms with Crippen molar-refractivity contribution in [1.82, 2.24) is 4.90 Å². The molecule has 1 unspecified atom stereocenters. The number of aliphatic hydroxyl groups is 2. The molecule has 0 heterocycles. The van der Waals surface area contributed by atoms with E-state index in [2.05, 4.69) is 0 Å². The van der Waals surface area contributed by atoms with Gasteiger partial charge >= 0.3 is 0 Å². The molecular formula is C11H21N5O6. The van der Waals surface area contributed by atoms with Gasteiger partial charge in [-0.3, -0.25) is 24.1 Å². The minimum Gasteiger partial charge on any atom is -0.393 e. The summed E-state index contributed by atoms with van der Waals surface area (Å²) in [4.78, 5) is 47.9. The fraction of sp³-hybridized carbons (Fsp3) is 0.636. The second-order valence-electron chi connectivity index (χ2n) is 4.31. The van der Waals surface area contributed by atoms with Gasteiger partial charge in [0.25, 0.3) is 0 Å². The molecule has 0 aliphatic heterocycles. The Morgan fingerprint density at radius 2 is 1.36 bits per heavy atom. The van der Waals surface area contributed by atoms with Crippen LogP contribution in [0.5, 0.6) is 0 Å². The second kappa shape index (κ2) is 8.63. The molecule has 0 aromatic carbocycles. The Labute approximate surface area is 126 Å². The fourth-order valence-electron chi connectivity index (χ4n) is 1.97. The first-order valence-electron chi connectivity index (χ1n) is 6.29. The van der Waals surface area contributed by atoms with Gasteiger partial charge in [0, 0.05) is 0 Å². The normalized spacial score (nSPS) is 14.8. The van der Waals surface area contributed by atoms with Crippen LogP contribution in [0.1, 0.15) is 0 Å². The molecule has 2 atom stereocenters. The SMILES string of the molecule is NCC(=O)C(O)[C@](CO)(C(=O)CN)N(C(=O)CN)C(=O)CN. The maximum absolute atomic E-state index is 12.1. The average Bonchev–Trinajstić information content (AvgIpc) is 2.56. The van der Waals surface area contributed by atoms with Crippen molar-refractivity contribution in [1.29, 1.82) is 0 Å². The van der Waals surface area contributed by atoms with Gasteiger partial charge in [-0.2, -0.15) is 0 Å². The van der Waals surface area contributed by atoms with Crippen LogP contribution in [0.3, 0.4) is 0 Å². The van der Waals surface area contributed by atoms with Gasteiger partial charge in [0.2, 0.25) is 11.8 Å². The molecule has 0 aliphatic carbocycles. The summed E-state index contributed by atoms with van der Waals surface area (Å²) in [7, 11) is 0. The molecule has 0 radical (unpaired) electrons. The van der Waals surface area contributed by atoms with E-state index < -0.39 is 67.8 Å². The molecule has 11 heteroatoms. The Morgan fingerprint density at radius 1 is 0.909 bits per heavy atom. The Morgan fingerprint density at radius 3 is 1.64 bits per heavy atom. The highest BCUT2D eigenvalue weighted by Gasteiger charge is 2.55. The highest BCUT2D eigenvalue weighted by molar-refractivity contribution is 6.08. The van der Waals surface area contributed by atoms with Crippen molar-refractivity contribution in [2.45, 2.75) is 11.6 Å². The van der Waals surface area contributed by atoms with Crippen LogP contribution in [0.2, 0.25) is 0 Å². The quantitative estimate of drug-likeness (QED) is 0.237. The lowest BCUT2D eigenvalue weighted by atomic mass is 9.83. The molecule has 2 amide bonds. The van der Waals surface area contributed by atoms with E-state index in [0.29, 0.717) is 0 Å². The number of rotatable bonds is 9. The predicted molar refractivity (Wildman–Crippen MR) is 73.9 cm³/mol. The smallest absolute Gasteiger partial charge is 0.244 e. The van der Waals surface area contributed by atoms with Crippen molar-refractivity contribution < 1.29 is 29.4 Å². The van der Waals surface area contributed by atoms with E-state index in [1.54, 1.807) is 0 Å². The van der Waals surface area contributed by atoms with Crippen molar-refractivity contribution in [2.24, 2.45) is 22.9 Å². The van der Waals surface area contributed by atoms with Crippen molar-refractivity contribution in [3.05, 3.63) is 0 Å². The van der Waals surface area contributed by atoms with E-state index in [0.717, 1.165) is 0 Å². The molecule has 0 saturated carbocycles. The molecule has 10 N–H and O–H groups in total. The molecule has 0 rings (SSSR count). The summed E-state index contributed by atoms with van der Waals surface area (Å²) < 4.78 is 0. The van der Waals surface area contributed by atoms with Crippen LogP contribution in [0.4, 0.5) is 0 Å². The molecule has 0 aliphatic rings. The molecule has 0 spiro atoms. The van der Waals surface area contributed by atoms with Gasteiger partial charge in [0.1, 0.15) is 6.10 Å². The number of aliphatic hydroxyl groups excluding tert-OH is 2. The molecule has 0 aromatic heterocycles. The minimum atomic E-state index is -2.61. The van der Waals surface area contributed by atoms with Gasteiger partial charge in [0.15, 0.2) is 17.1 Å². The Balaban J connectivity index is 6.31. The van der Waals surface area contributed by atoms with Gasteiger partial charge in [-0.1, -0.05) is 0 Å². The minimum absolute atomic E-state index is 0.195. The summed E-state index contributed by atoms with van der Waals surface area (Å²) in [5.74, 6) is -4.42. The molecular weight excluding hydrogens is 298 g/mol. The number of nitrogens with two attached hydrogens (primary N) is 4. The number of Topliss-reactive ketones (excluding diaryl/α,β-unsaturated/α-hetero) is 2. The standard InChI is InChI=1S/C11H21N5O6/c12-1-6(18)10(22)11(5-17,7(19)2-13)16(8(20)3-14)9(21)4-15/h10,17,22H,1-5,12-15H2/t10?,11-/m0/s1. The lowest BCUT2D eigenvalue weighted by Gasteiger charge is -2.42. The number of nitrogens with zero attached hydrogens (tertiary/aromatic N) is 1. The van der Waals surface area contributed by atoms with Crippen LogP contribution in [0.25, 0.3) is 0 Å². The summed E-state index contributed by atoms with van der Waals surface area (Å²) in [5.41, 5.74) is 18.0. The number of carbonyl (C=O) groups excluding carboxylic acids is 4. The zero-order valence-electron chi connectivity index (χ0n) is 11.9. The molecule has 0 aromatic rings. The van der Waals surface area contributed by atoms with Gasteiger partial charge in [-0.05, 0) is 0 Å². The second-order valence-corrected chi connectivity index (χ2v) is 4.31. The number of carbonyl (C=O) groups is 4. The summed E-state index contributed by atoms with van der Waals surface area (Å²) in [6, 6.07) is 0. The third-order valence-corrected chi connectivity index (χ3v) is 3.11. The first-order valence-corrected chi connectivity index (χ1v) is 6.29. The van der Waals surface area contributed by atoms with Gasteiger partial charge in [-0.25, -0.2) is 0 Å². The molecule has 0 saturated heterocycles. The zero-order valence-corrected chi connectivity index (χ0v) is 11.9. The lowest BCUT2D eigenvalue weighted by molar-refractivity contribution is -0.169. The summed E-state index contributed by atoms with van der Waals surface area (Å²) >= 11 is 0. The maximum atomic E-state index is 12.1. The summed E-state index contributed by atoms with van der Waals surface area (Å²) in [6.07, 6.45) is -2.26. The molecule has 0 bridgehead atoms. The zero-order chi connectivity index (χ0) is 17.5. The van der Waals surface area contributed by atoms with Crippen LogP contribution in [-0.4, -0.2) is 82.9 Å². The number of imide groups is 1. The summed E-state index contributed by atoms with van der Waals surface area (Å²) in [6.45, 7) is -4.15. The van der Waals surface area contributed by atoms with Crippen LogP contribution >= 0.6 is 0 Å². The molecule has 11 nitrogen and oxygen atoms in total. The van der Waals surface area contributed by atoms with E-state index >= 15 is 0 Å². The number of hydrogen-bond acceptors (Lipinski definition) is 10. The van der Waals surface area contributed by atoms with Gasteiger partial charge in [-0.15, -0.1) is 0 Å². The topological polar surface area (TPSA) is 216 Å². The Bertz CT molecular complexity index is 440. The fourth-order valence-corrected chi connectivity index (χ4v) is 1.97. The average molecular weight is 319 g/mol. The predicted octanol–water partition coefficient (Wildman–Crippen LogP) is -5.59. The van der Waals surface area contributed by atoms with Crippen LogP contribution < -0.4 is 22.9 Å². The van der Waals surface area contributed by atoms with E-state index in [1.165, 1.54) is 0 Å². The monoisotopic (exact) mass is 319 g/mol. The molecule has 22 heavy (non-hydrogen) atoms. The summed E-state index contributed by atoms with van der Waals surface area (Å²) in [5, 5.41) is 19.7. The highest BCUT2D eigenvalue weighted by atomic mass is 16.3. The lowest BCUT2D eigenvalue weighted by Crippen LogP contribution is -2.72. The Hall–Kier alpha value is -1.76. The van der Waals surface area contributed by atoms with Gasteiger partial charge < -0.3 is 33.1 Å². The van der Waals surface area contributed by atoms with Crippen LogP contribution in [0.15, 0.2) is 0 Å². The van der Waals surface area contributed by atoms with E-state index in [9.17, 15) is 29.4 Å². The first-order chi connectivity index (χ1) is 10.3. The highest BCUT2D eigenvalue weighted by Crippen LogP contribution is 2.23. The van der Waals surface area contributed by atoms with Crippen molar-refractivity contribution in [3.63, 3.8) is 0 Å². The maximum Gasteiger partial charge on any atom is 0.244 e. The largest absolute Gasteiger partial charge is 0.393 e. The number of hydrogen-bond donors (Lipinski definition) is 6. The van der Waals surface area contributed by atoms with Crippen molar-refractivity contribution >= 4 is 23.4 Å². The Kier molecular flexibility index (Phi) is 7.94. The van der Waals surface area contributed by atoms with E-state index in [4.69, 9.17) is 22.9 Å². The molecule has 0 fully saturated rings. The first kappa shape index (κ1) is 20.2.